The number of hydrogen-bond acceptors (Lipinski definition) is 7. The molecule has 2 saturated heterocycles. The summed E-state index contributed by atoms with van der Waals surface area (Å²) in [7, 11) is 0. The van der Waals surface area contributed by atoms with Crippen LogP contribution in [-0.2, 0) is 49.7 Å². The van der Waals surface area contributed by atoms with E-state index in [0.717, 1.165) is 31.1 Å². The van der Waals surface area contributed by atoms with E-state index in [9.17, 15) is 24.0 Å². The van der Waals surface area contributed by atoms with E-state index in [0.29, 0.717) is 29.0 Å². The molecule has 0 bridgehead atoms. The second-order valence-electron chi connectivity index (χ2n) is 18.1. The Bertz CT molecular complexity index is 2050. The molecule has 11 nitrogen and oxygen atoms in total. The first-order valence-corrected chi connectivity index (χ1v) is 22.2. The summed E-state index contributed by atoms with van der Waals surface area (Å²) in [5.74, 6) is 0.758. The molecule has 0 saturated carbocycles. The summed E-state index contributed by atoms with van der Waals surface area (Å²) < 4.78 is 0. The van der Waals surface area contributed by atoms with Crippen molar-refractivity contribution in [1.29, 1.82) is 0 Å². The molecule has 3 heterocycles. The van der Waals surface area contributed by atoms with E-state index in [1.807, 2.05) is 67.0 Å². The van der Waals surface area contributed by atoms with Crippen LogP contribution in [0, 0.1) is 36.5 Å². The van der Waals surface area contributed by atoms with Gasteiger partial charge in [0, 0.05) is 36.7 Å². The molecule has 2 unspecified atom stereocenters. The smallest absolute Gasteiger partial charge is 0.247 e. The van der Waals surface area contributed by atoms with Gasteiger partial charge in [-0.05, 0) is 109 Å². The molecule has 0 spiro atoms. The Labute approximate surface area is 383 Å². The molecule has 2 atom stereocenters. The number of aryl methyl sites for hydroxylation is 1. The molecule has 1 aromatic heterocycles. The van der Waals surface area contributed by atoms with Gasteiger partial charge in [-0.1, -0.05) is 130 Å². The molecular formula is C53H74N6O5. The predicted molar refractivity (Wildman–Crippen MR) is 261 cm³/mol. The first-order chi connectivity index (χ1) is 29.9. The van der Waals surface area contributed by atoms with E-state index >= 15 is 0 Å². The molecule has 4 aromatic rings. The highest BCUT2D eigenvalue weighted by molar-refractivity contribution is 6.08. The van der Waals surface area contributed by atoms with Crippen molar-refractivity contribution in [3.63, 3.8) is 0 Å². The maximum atomic E-state index is 12.1. The zero-order chi connectivity index (χ0) is 46.5. The van der Waals surface area contributed by atoms with Gasteiger partial charge < -0.3 is 26.6 Å². The van der Waals surface area contributed by atoms with Crippen molar-refractivity contribution in [2.45, 2.75) is 114 Å². The molecule has 6 rings (SSSR count). The summed E-state index contributed by atoms with van der Waals surface area (Å²) in [6.45, 7) is 23.6. The average Bonchev–Trinajstić information content (AvgIpc) is 3.20. The Morgan fingerprint density at radius 1 is 0.672 bits per heavy atom. The molecule has 2 aliphatic heterocycles. The normalized spacial score (nSPS) is 15.5. The van der Waals surface area contributed by atoms with Crippen molar-refractivity contribution in [3.8, 4) is 0 Å². The standard InChI is InChI=1S/C16H21N3O2.C16H20N2O3.C11H16.C9H13N.CH4/c1-10(2)8-12-4-6-13(7-5-12)19-16(21)14-9-17-11(3)18-15(14)20;1-10(2)7-11-3-5-12(6-4-11)17-16(21)14-8-13(19)9-15(20)18-14;1-9(2)8-11-6-4-10(3)5-7-11;1-8(2)6-9-4-3-5-10-7-9;/h4-7,10,14,17H,3,8-9H2,1-2H3,(H,18,20)(H,19,21);3-6,10,14H,7-9H2,1-2H3,(H,17,21)(H,18,20);4-7,9H,8H2,1-3H3;3-5,7-8H,6H2,1-2H3;1H4. The number of aromatic nitrogens is 1. The van der Waals surface area contributed by atoms with Crippen molar-refractivity contribution >= 4 is 40.8 Å². The molecule has 0 radical (unpaired) electrons. The molecule has 5 N–H and O–H groups in total. The van der Waals surface area contributed by atoms with Crippen LogP contribution in [0.1, 0.15) is 103 Å². The minimum atomic E-state index is -0.769. The van der Waals surface area contributed by atoms with Gasteiger partial charge in [0.25, 0.3) is 0 Å². The van der Waals surface area contributed by atoms with Crippen LogP contribution >= 0.6 is 0 Å². The largest absolute Gasteiger partial charge is 0.371 e. The van der Waals surface area contributed by atoms with Crippen molar-refractivity contribution < 1.29 is 24.0 Å². The molecule has 4 amide bonds. The number of carbonyl (C=O) groups excluding carboxylic acids is 5. The number of hydrogen-bond donors (Lipinski definition) is 5. The predicted octanol–water partition coefficient (Wildman–Crippen LogP) is 9.41. The summed E-state index contributed by atoms with van der Waals surface area (Å²) in [4.78, 5) is 62.5. The van der Waals surface area contributed by atoms with Gasteiger partial charge in [-0.15, -0.1) is 0 Å². The van der Waals surface area contributed by atoms with E-state index in [1.165, 1.54) is 34.2 Å². The third kappa shape index (κ3) is 21.3. The van der Waals surface area contributed by atoms with Gasteiger partial charge in [0.2, 0.25) is 23.6 Å². The van der Waals surface area contributed by atoms with Crippen LogP contribution in [0.4, 0.5) is 11.4 Å². The van der Waals surface area contributed by atoms with Crippen LogP contribution in [-0.4, -0.2) is 47.0 Å². The topological polar surface area (TPSA) is 158 Å². The highest BCUT2D eigenvalue weighted by atomic mass is 16.2. The lowest BCUT2D eigenvalue weighted by atomic mass is 10.0. The number of ketones is 1. The Balaban J connectivity index is 0.000000307. The van der Waals surface area contributed by atoms with Gasteiger partial charge in [0.05, 0.1) is 12.2 Å². The second kappa shape index (κ2) is 27.9. The number of carbonyl (C=O) groups is 5. The van der Waals surface area contributed by atoms with Gasteiger partial charge in [-0.25, -0.2) is 0 Å². The van der Waals surface area contributed by atoms with Gasteiger partial charge in [0.1, 0.15) is 17.7 Å². The van der Waals surface area contributed by atoms with Gasteiger partial charge in [-0.3, -0.25) is 29.0 Å². The zero-order valence-corrected chi connectivity index (χ0v) is 38.8. The van der Waals surface area contributed by atoms with E-state index in [1.54, 1.807) is 0 Å². The highest BCUT2D eigenvalue weighted by Gasteiger charge is 2.31. The van der Waals surface area contributed by atoms with Gasteiger partial charge in [0.15, 0.2) is 0 Å². The Hall–Kier alpha value is -6.10. The summed E-state index contributed by atoms with van der Waals surface area (Å²) in [6, 6.07) is 27.5. The number of nitrogens with zero attached hydrogens (tertiary/aromatic N) is 1. The van der Waals surface area contributed by atoms with Crippen molar-refractivity contribution in [1.82, 2.24) is 20.9 Å². The fraction of sp³-hybridized carbons (Fsp3) is 0.434. The first-order valence-electron chi connectivity index (χ1n) is 22.2. The summed E-state index contributed by atoms with van der Waals surface area (Å²) >= 11 is 0. The quantitative estimate of drug-likeness (QED) is 0.0888. The van der Waals surface area contributed by atoms with Crippen LogP contribution in [0.5, 0.6) is 0 Å². The molecule has 64 heavy (non-hydrogen) atoms. The van der Waals surface area contributed by atoms with Crippen LogP contribution in [0.15, 0.2) is 110 Å². The second-order valence-corrected chi connectivity index (χ2v) is 18.1. The van der Waals surface area contributed by atoms with E-state index in [-0.39, 0.29) is 50.3 Å². The Morgan fingerprint density at radius 3 is 1.55 bits per heavy atom. The molecule has 2 fully saturated rings. The van der Waals surface area contributed by atoms with E-state index < -0.39 is 17.9 Å². The fourth-order valence-electron chi connectivity index (χ4n) is 6.78. The number of piperidine rings is 1. The van der Waals surface area contributed by atoms with Crippen LogP contribution in [0.2, 0.25) is 0 Å². The lowest BCUT2D eigenvalue weighted by Gasteiger charge is -2.24. The Morgan fingerprint density at radius 2 is 1.12 bits per heavy atom. The monoisotopic (exact) mass is 875 g/mol. The van der Waals surface area contributed by atoms with Crippen LogP contribution in [0.25, 0.3) is 0 Å². The molecule has 3 aromatic carbocycles. The minimum Gasteiger partial charge on any atom is -0.371 e. The van der Waals surface area contributed by atoms with Gasteiger partial charge >= 0.3 is 0 Å². The third-order valence-corrected chi connectivity index (χ3v) is 9.73. The summed E-state index contributed by atoms with van der Waals surface area (Å²) in [6.07, 6.45) is 7.99. The summed E-state index contributed by atoms with van der Waals surface area (Å²) in [5, 5.41) is 13.4. The van der Waals surface area contributed by atoms with E-state index in [4.69, 9.17) is 0 Å². The maximum Gasteiger partial charge on any atom is 0.247 e. The average molecular weight is 875 g/mol. The van der Waals surface area contributed by atoms with Crippen LogP contribution < -0.4 is 26.6 Å². The van der Waals surface area contributed by atoms with E-state index in [2.05, 4.69) is 131 Å². The lowest BCUT2D eigenvalue weighted by molar-refractivity contribution is -0.136. The number of nitrogens with one attached hydrogen (secondary N) is 5. The van der Waals surface area contributed by atoms with Crippen molar-refractivity contribution in [2.75, 3.05) is 17.2 Å². The third-order valence-electron chi connectivity index (χ3n) is 9.73. The SMILES string of the molecule is C.C=C1NCC(C(=O)Nc2ccc(CC(C)C)cc2)C(=O)N1.CC(C)Cc1ccc(NC(=O)C2CC(=O)CC(=O)N2)cc1.CC(C)Cc1cccnc1.Cc1ccc(CC(C)C)cc1. The molecule has 2 aliphatic rings. The number of pyridine rings is 1. The zero-order valence-electron chi connectivity index (χ0n) is 38.8. The number of Topliss-reactive ketones (excluding diaryl/α,β-unsaturated/α-hetero) is 1. The molecule has 0 aliphatic carbocycles. The highest BCUT2D eigenvalue weighted by Crippen LogP contribution is 2.17. The number of benzene rings is 3. The maximum absolute atomic E-state index is 12.1. The minimum absolute atomic E-state index is 0. The molecule has 11 heteroatoms. The lowest BCUT2D eigenvalue weighted by Crippen LogP contribution is -2.50. The first kappa shape index (κ1) is 54.0. The van der Waals surface area contributed by atoms with Crippen molar-refractivity contribution in [3.05, 3.63) is 138 Å². The Kier molecular flexibility index (Phi) is 23.5. The fourth-order valence-corrected chi connectivity index (χ4v) is 6.78. The summed E-state index contributed by atoms with van der Waals surface area (Å²) in [5.41, 5.74) is 7.94. The van der Waals surface area contributed by atoms with Crippen LogP contribution in [0.3, 0.4) is 0 Å². The van der Waals surface area contributed by atoms with Gasteiger partial charge in [-0.2, -0.15) is 0 Å². The number of amides is 4. The molecular weight excluding hydrogens is 801 g/mol. The van der Waals surface area contributed by atoms with Crippen molar-refractivity contribution in [2.24, 2.45) is 29.6 Å². The number of anilines is 2. The molecule has 346 valence electrons. The number of rotatable bonds is 12.